The van der Waals surface area contributed by atoms with Gasteiger partial charge >= 0.3 is 6.18 Å². The molecule has 0 bridgehead atoms. The summed E-state index contributed by atoms with van der Waals surface area (Å²) in [7, 11) is 0. The Balaban J connectivity index is 1.82. The van der Waals surface area contributed by atoms with Crippen molar-refractivity contribution in [2.75, 3.05) is 0 Å². The van der Waals surface area contributed by atoms with Crippen LogP contribution in [0.4, 0.5) is 13.2 Å². The number of alkyl halides is 3. The van der Waals surface area contributed by atoms with Crippen LogP contribution in [-0.2, 0) is 0 Å². The first-order chi connectivity index (χ1) is 11.5. The summed E-state index contributed by atoms with van der Waals surface area (Å²) in [5.74, 6) is -1.63. The van der Waals surface area contributed by atoms with Gasteiger partial charge in [-0.15, -0.1) is 0 Å². The lowest BCUT2D eigenvalue weighted by Gasteiger charge is -2.17. The van der Waals surface area contributed by atoms with E-state index in [2.05, 4.69) is 10.1 Å². The number of rotatable bonds is 4. The predicted octanol–water partition coefficient (Wildman–Crippen LogP) is 4.63. The number of nitrogens with zero attached hydrogens (tertiary/aromatic N) is 3. The van der Waals surface area contributed by atoms with Crippen LogP contribution in [0.5, 0.6) is 0 Å². The highest BCUT2D eigenvalue weighted by Gasteiger charge is 2.38. The van der Waals surface area contributed by atoms with Gasteiger partial charge in [-0.2, -0.15) is 18.3 Å². The molecule has 1 heterocycles. The minimum absolute atomic E-state index is 0.223. The molecule has 24 heavy (non-hydrogen) atoms. The Morgan fingerprint density at radius 1 is 0.958 bits per heavy atom. The normalized spacial score (nSPS) is 13.3. The Bertz CT molecular complexity index is 792. The average molecular weight is 329 g/mol. The largest absolute Gasteiger partial charge is 0.399 e. The molecule has 2 aromatic carbocycles. The van der Waals surface area contributed by atoms with E-state index in [1.807, 2.05) is 0 Å². The van der Waals surface area contributed by atoms with E-state index in [1.54, 1.807) is 53.5 Å². The molecule has 0 saturated heterocycles. The fourth-order valence-electron chi connectivity index (χ4n) is 2.36. The summed E-state index contributed by atoms with van der Waals surface area (Å²) in [6.07, 6.45) is 1.30. The minimum Gasteiger partial charge on any atom is -0.223 e. The monoisotopic (exact) mass is 329 g/mol. The first kappa shape index (κ1) is 16.0. The molecule has 0 aliphatic rings. The maximum absolute atomic E-state index is 13.3. The summed E-state index contributed by atoms with van der Waals surface area (Å²) < 4.78 is 41.4. The molecule has 3 rings (SSSR count). The van der Waals surface area contributed by atoms with Crippen LogP contribution in [0.15, 0.2) is 73.3 Å². The van der Waals surface area contributed by atoms with E-state index in [9.17, 15) is 13.2 Å². The van der Waals surface area contributed by atoms with Crippen molar-refractivity contribution < 1.29 is 13.2 Å². The van der Waals surface area contributed by atoms with Gasteiger partial charge in [-0.05, 0) is 23.3 Å². The quantitative estimate of drug-likeness (QED) is 0.699. The standard InChI is InChI=1S/C18H14F3N3/c19-18(20,21)17(15-4-2-1-3-5-15)11-8-14-6-9-16(10-7-14)24-13-22-12-23-24/h1-13,17H. The smallest absolute Gasteiger partial charge is 0.223 e. The van der Waals surface area contributed by atoms with E-state index < -0.39 is 12.1 Å². The highest BCUT2D eigenvalue weighted by molar-refractivity contribution is 5.53. The maximum atomic E-state index is 13.3. The van der Waals surface area contributed by atoms with Gasteiger partial charge < -0.3 is 0 Å². The van der Waals surface area contributed by atoms with Gasteiger partial charge in [0.1, 0.15) is 12.7 Å². The van der Waals surface area contributed by atoms with E-state index in [0.717, 1.165) is 5.69 Å². The number of halogens is 3. The SMILES string of the molecule is FC(F)(F)C(C=Cc1ccc(-n2cncn2)cc1)c1ccccc1. The first-order valence-electron chi connectivity index (χ1n) is 7.29. The summed E-state index contributed by atoms with van der Waals surface area (Å²) in [5.41, 5.74) is 1.70. The van der Waals surface area contributed by atoms with Crippen molar-refractivity contribution in [3.8, 4) is 5.69 Å². The zero-order valence-electron chi connectivity index (χ0n) is 12.6. The molecular formula is C18H14F3N3. The predicted molar refractivity (Wildman–Crippen MR) is 85.6 cm³/mol. The lowest BCUT2D eigenvalue weighted by Crippen LogP contribution is -2.18. The van der Waals surface area contributed by atoms with Crippen molar-refractivity contribution in [1.29, 1.82) is 0 Å². The second kappa shape index (κ2) is 6.70. The van der Waals surface area contributed by atoms with Gasteiger partial charge in [-0.3, -0.25) is 0 Å². The third-order valence-corrected chi connectivity index (χ3v) is 3.57. The Morgan fingerprint density at radius 3 is 2.25 bits per heavy atom. The molecule has 1 atom stereocenters. The van der Waals surface area contributed by atoms with Gasteiger partial charge in [0, 0.05) is 0 Å². The lowest BCUT2D eigenvalue weighted by atomic mass is 9.97. The van der Waals surface area contributed by atoms with Crippen LogP contribution in [0.3, 0.4) is 0 Å². The van der Waals surface area contributed by atoms with Crippen LogP contribution >= 0.6 is 0 Å². The van der Waals surface area contributed by atoms with Crippen LogP contribution in [-0.4, -0.2) is 20.9 Å². The number of benzene rings is 2. The molecule has 122 valence electrons. The van der Waals surface area contributed by atoms with Crippen LogP contribution in [0.25, 0.3) is 11.8 Å². The second-order valence-electron chi connectivity index (χ2n) is 5.22. The van der Waals surface area contributed by atoms with Gasteiger partial charge in [0.15, 0.2) is 0 Å². The molecule has 0 saturated carbocycles. The maximum Gasteiger partial charge on any atom is 0.399 e. The number of hydrogen-bond acceptors (Lipinski definition) is 2. The highest BCUT2D eigenvalue weighted by atomic mass is 19.4. The molecule has 3 nitrogen and oxygen atoms in total. The van der Waals surface area contributed by atoms with Crippen molar-refractivity contribution in [1.82, 2.24) is 14.8 Å². The van der Waals surface area contributed by atoms with Crippen molar-refractivity contribution in [3.63, 3.8) is 0 Å². The molecule has 0 N–H and O–H groups in total. The van der Waals surface area contributed by atoms with Crippen LogP contribution in [0.1, 0.15) is 17.0 Å². The van der Waals surface area contributed by atoms with E-state index in [-0.39, 0.29) is 5.56 Å². The first-order valence-corrected chi connectivity index (χ1v) is 7.29. The molecule has 0 fully saturated rings. The number of allylic oxidation sites excluding steroid dienone is 1. The minimum atomic E-state index is -4.33. The Kier molecular flexibility index (Phi) is 4.46. The summed E-state index contributed by atoms with van der Waals surface area (Å²) in [6, 6.07) is 14.9. The molecule has 6 heteroatoms. The summed E-state index contributed by atoms with van der Waals surface area (Å²) >= 11 is 0. The second-order valence-corrected chi connectivity index (χ2v) is 5.22. The van der Waals surface area contributed by atoms with Crippen molar-refractivity contribution in [2.24, 2.45) is 0 Å². The van der Waals surface area contributed by atoms with Crippen LogP contribution < -0.4 is 0 Å². The van der Waals surface area contributed by atoms with Crippen LogP contribution in [0.2, 0.25) is 0 Å². The third kappa shape index (κ3) is 3.71. The molecule has 0 amide bonds. The molecule has 0 radical (unpaired) electrons. The van der Waals surface area contributed by atoms with E-state index in [1.165, 1.54) is 30.6 Å². The fraction of sp³-hybridized carbons (Fsp3) is 0.111. The number of aromatic nitrogens is 3. The van der Waals surface area contributed by atoms with Crippen molar-refractivity contribution in [3.05, 3.63) is 84.5 Å². The highest BCUT2D eigenvalue weighted by Crippen LogP contribution is 2.36. The Labute approximate surface area is 137 Å². The molecule has 3 aromatic rings. The van der Waals surface area contributed by atoms with Gasteiger partial charge in [0.2, 0.25) is 0 Å². The Hall–Kier alpha value is -2.89. The molecule has 0 aliphatic heterocycles. The third-order valence-electron chi connectivity index (χ3n) is 3.57. The van der Waals surface area contributed by atoms with Gasteiger partial charge in [-0.1, -0.05) is 54.6 Å². The summed E-state index contributed by atoms with van der Waals surface area (Å²) in [5, 5.41) is 4.00. The zero-order valence-corrected chi connectivity index (χ0v) is 12.6. The zero-order chi connectivity index (χ0) is 17.0. The topological polar surface area (TPSA) is 30.7 Å². The van der Waals surface area contributed by atoms with Crippen LogP contribution in [0, 0.1) is 0 Å². The molecular weight excluding hydrogens is 315 g/mol. The number of hydrogen-bond donors (Lipinski definition) is 0. The molecule has 1 unspecified atom stereocenters. The average Bonchev–Trinajstić information content (AvgIpc) is 3.10. The summed E-state index contributed by atoms with van der Waals surface area (Å²) in [6.45, 7) is 0. The van der Waals surface area contributed by atoms with Crippen molar-refractivity contribution >= 4 is 6.08 Å². The molecule has 1 aromatic heterocycles. The van der Waals surface area contributed by atoms with Gasteiger partial charge in [0.25, 0.3) is 0 Å². The van der Waals surface area contributed by atoms with Gasteiger partial charge in [0.05, 0.1) is 11.6 Å². The van der Waals surface area contributed by atoms with Gasteiger partial charge in [-0.25, -0.2) is 9.67 Å². The lowest BCUT2D eigenvalue weighted by molar-refractivity contribution is -0.139. The molecule has 0 aliphatic carbocycles. The fourth-order valence-corrected chi connectivity index (χ4v) is 2.36. The molecule has 0 spiro atoms. The Morgan fingerprint density at radius 2 is 1.67 bits per heavy atom. The van der Waals surface area contributed by atoms with E-state index >= 15 is 0 Å². The van der Waals surface area contributed by atoms with E-state index in [4.69, 9.17) is 0 Å². The van der Waals surface area contributed by atoms with E-state index in [0.29, 0.717) is 5.56 Å². The summed E-state index contributed by atoms with van der Waals surface area (Å²) in [4.78, 5) is 3.85. The van der Waals surface area contributed by atoms with Crippen molar-refractivity contribution in [2.45, 2.75) is 12.1 Å².